The minimum Gasteiger partial charge on any atom is -0.478 e. The third-order valence-corrected chi connectivity index (χ3v) is 5.82. The van der Waals surface area contributed by atoms with Gasteiger partial charge in [0.2, 0.25) is 11.8 Å². The van der Waals surface area contributed by atoms with E-state index in [1.807, 2.05) is 6.92 Å². The zero-order valence-electron chi connectivity index (χ0n) is 15.8. The number of nitrogens with zero attached hydrogens (tertiary/aromatic N) is 2. The number of carbonyl (C=O) groups is 3. The molecule has 1 aliphatic heterocycles. The number of carboxylic acids is 1. The lowest BCUT2D eigenvalue weighted by Gasteiger charge is -2.31. The molecular weight excluding hydrogens is 449 g/mol. The Balaban J connectivity index is 1.83. The number of aliphatic imine (C=N–C) groups is 1. The molecule has 2 aromatic rings. The van der Waals surface area contributed by atoms with Gasteiger partial charge < -0.3 is 10.4 Å². The second-order valence-electron chi connectivity index (χ2n) is 6.35. The molecule has 1 unspecified atom stereocenters. The SMILES string of the molecule is CCN1C(=O)CC(C(=O)Nc2cccc(C(=O)O)c2)SC1=Nc1cc(Cl)cc(Cl)c1. The Morgan fingerprint density at radius 3 is 2.57 bits per heavy atom. The Bertz CT molecular complexity index is 1020. The fraction of sp³-hybridized carbons (Fsp3) is 0.200. The number of carbonyl (C=O) groups excluding carboxylic acids is 2. The van der Waals surface area contributed by atoms with Crippen molar-refractivity contribution in [2.45, 2.75) is 18.6 Å². The summed E-state index contributed by atoms with van der Waals surface area (Å²) >= 11 is 13.2. The maximum atomic E-state index is 12.7. The van der Waals surface area contributed by atoms with Crippen LogP contribution in [0.3, 0.4) is 0 Å². The highest BCUT2D eigenvalue weighted by atomic mass is 35.5. The number of hydrogen-bond acceptors (Lipinski definition) is 5. The number of amides is 2. The van der Waals surface area contributed by atoms with E-state index in [1.54, 1.807) is 24.3 Å². The molecule has 1 saturated heterocycles. The first-order valence-electron chi connectivity index (χ1n) is 8.93. The van der Waals surface area contributed by atoms with Gasteiger partial charge in [0.25, 0.3) is 0 Å². The Morgan fingerprint density at radius 2 is 1.93 bits per heavy atom. The van der Waals surface area contributed by atoms with Crippen molar-refractivity contribution in [3.8, 4) is 0 Å². The number of anilines is 1. The van der Waals surface area contributed by atoms with Gasteiger partial charge in [0.15, 0.2) is 5.17 Å². The van der Waals surface area contributed by atoms with E-state index < -0.39 is 17.1 Å². The van der Waals surface area contributed by atoms with Crippen LogP contribution in [0.25, 0.3) is 0 Å². The average molecular weight is 466 g/mol. The zero-order valence-corrected chi connectivity index (χ0v) is 18.1. The van der Waals surface area contributed by atoms with Crippen molar-refractivity contribution in [2.24, 2.45) is 4.99 Å². The number of halogens is 2. The number of rotatable bonds is 5. The quantitative estimate of drug-likeness (QED) is 0.667. The van der Waals surface area contributed by atoms with Crippen LogP contribution in [-0.2, 0) is 9.59 Å². The Morgan fingerprint density at radius 1 is 1.23 bits per heavy atom. The normalized spacial score (nSPS) is 17.8. The third-order valence-electron chi connectivity index (χ3n) is 4.20. The minimum absolute atomic E-state index is 0.00170. The van der Waals surface area contributed by atoms with Gasteiger partial charge >= 0.3 is 5.97 Å². The van der Waals surface area contributed by atoms with Crippen LogP contribution in [0.15, 0.2) is 47.5 Å². The van der Waals surface area contributed by atoms with Crippen LogP contribution in [-0.4, -0.2) is 44.8 Å². The van der Waals surface area contributed by atoms with E-state index in [0.29, 0.717) is 33.1 Å². The monoisotopic (exact) mass is 465 g/mol. The lowest BCUT2D eigenvalue weighted by Crippen LogP contribution is -2.45. The number of aromatic carboxylic acids is 1. The predicted octanol–water partition coefficient (Wildman–Crippen LogP) is 4.67. The number of amidine groups is 1. The summed E-state index contributed by atoms with van der Waals surface area (Å²) in [5, 5.41) is 12.2. The number of nitrogens with one attached hydrogen (secondary N) is 1. The first-order valence-corrected chi connectivity index (χ1v) is 10.6. The molecule has 3 rings (SSSR count). The number of thioether (sulfide) groups is 1. The van der Waals surface area contributed by atoms with Gasteiger partial charge in [0, 0.05) is 28.7 Å². The van der Waals surface area contributed by atoms with Crippen molar-refractivity contribution >= 4 is 69.3 Å². The summed E-state index contributed by atoms with van der Waals surface area (Å²) in [5.41, 5.74) is 0.861. The molecule has 1 atom stereocenters. The average Bonchev–Trinajstić information content (AvgIpc) is 2.67. The molecule has 0 saturated carbocycles. The molecule has 0 radical (unpaired) electrons. The van der Waals surface area contributed by atoms with E-state index >= 15 is 0 Å². The fourth-order valence-corrected chi connectivity index (χ4v) is 4.50. The molecule has 1 heterocycles. The van der Waals surface area contributed by atoms with E-state index in [1.165, 1.54) is 23.1 Å². The van der Waals surface area contributed by atoms with Gasteiger partial charge in [-0.2, -0.15) is 0 Å². The summed E-state index contributed by atoms with van der Waals surface area (Å²) in [7, 11) is 0. The standard InChI is InChI=1S/C20H17Cl2N3O4S/c1-2-25-17(26)10-16(18(27)23-14-5-3-4-11(6-14)19(28)29)30-20(25)24-15-8-12(21)7-13(22)9-15/h3-9,16H,2,10H2,1H3,(H,23,27)(H,28,29). The van der Waals surface area contributed by atoms with E-state index in [-0.39, 0.29) is 17.9 Å². The van der Waals surface area contributed by atoms with Crippen molar-refractivity contribution < 1.29 is 19.5 Å². The van der Waals surface area contributed by atoms with Crippen LogP contribution in [0.1, 0.15) is 23.7 Å². The second-order valence-corrected chi connectivity index (χ2v) is 8.39. The van der Waals surface area contributed by atoms with Gasteiger partial charge in [-0.3, -0.25) is 14.5 Å². The predicted molar refractivity (Wildman–Crippen MR) is 119 cm³/mol. The largest absolute Gasteiger partial charge is 0.478 e. The van der Waals surface area contributed by atoms with Gasteiger partial charge in [0.05, 0.1) is 11.3 Å². The lowest BCUT2D eigenvalue weighted by molar-refractivity contribution is -0.129. The molecule has 2 N–H and O–H groups in total. The van der Waals surface area contributed by atoms with Crippen LogP contribution in [0, 0.1) is 0 Å². The minimum atomic E-state index is -1.10. The number of hydrogen-bond donors (Lipinski definition) is 2. The van der Waals surface area contributed by atoms with Crippen molar-refractivity contribution in [3.05, 3.63) is 58.1 Å². The highest BCUT2D eigenvalue weighted by molar-refractivity contribution is 8.15. The van der Waals surface area contributed by atoms with Crippen LogP contribution in [0.4, 0.5) is 11.4 Å². The Kier molecular flexibility index (Phi) is 7.02. The van der Waals surface area contributed by atoms with Crippen LogP contribution in [0.5, 0.6) is 0 Å². The van der Waals surface area contributed by atoms with Gasteiger partial charge in [0.1, 0.15) is 5.25 Å². The summed E-state index contributed by atoms with van der Waals surface area (Å²) in [6.07, 6.45) is -0.00170. The second kappa shape index (κ2) is 9.51. The molecule has 10 heteroatoms. The van der Waals surface area contributed by atoms with E-state index in [2.05, 4.69) is 10.3 Å². The van der Waals surface area contributed by atoms with Gasteiger partial charge in [-0.05, 0) is 43.3 Å². The molecule has 0 spiro atoms. The molecule has 0 bridgehead atoms. The third kappa shape index (κ3) is 5.33. The zero-order chi connectivity index (χ0) is 21.8. The molecule has 2 aromatic carbocycles. The van der Waals surface area contributed by atoms with E-state index in [0.717, 1.165) is 11.8 Å². The fourth-order valence-electron chi connectivity index (χ4n) is 2.82. The van der Waals surface area contributed by atoms with Gasteiger partial charge in [-0.1, -0.05) is 41.0 Å². The van der Waals surface area contributed by atoms with Gasteiger partial charge in [-0.25, -0.2) is 9.79 Å². The lowest BCUT2D eigenvalue weighted by atomic mass is 10.2. The molecule has 0 aromatic heterocycles. The molecule has 2 amide bonds. The first-order chi connectivity index (χ1) is 14.3. The van der Waals surface area contributed by atoms with Crippen LogP contribution in [0.2, 0.25) is 10.0 Å². The molecule has 7 nitrogen and oxygen atoms in total. The summed E-state index contributed by atoms with van der Waals surface area (Å²) in [5.74, 6) is -1.74. The summed E-state index contributed by atoms with van der Waals surface area (Å²) in [4.78, 5) is 42.4. The Hall–Kier alpha value is -2.55. The van der Waals surface area contributed by atoms with Crippen LogP contribution < -0.4 is 5.32 Å². The Labute approximate surface area is 187 Å². The summed E-state index contributed by atoms with van der Waals surface area (Å²) in [6.45, 7) is 2.21. The smallest absolute Gasteiger partial charge is 0.335 e. The van der Waals surface area contributed by atoms with Crippen molar-refractivity contribution in [1.82, 2.24) is 4.90 Å². The molecular formula is C20H17Cl2N3O4S. The number of carboxylic acid groups (broad SMARTS) is 1. The molecule has 30 heavy (non-hydrogen) atoms. The molecule has 1 aliphatic rings. The topological polar surface area (TPSA) is 99.1 Å². The molecule has 156 valence electrons. The highest BCUT2D eigenvalue weighted by Crippen LogP contribution is 2.31. The van der Waals surface area contributed by atoms with Crippen LogP contribution >= 0.6 is 35.0 Å². The summed E-state index contributed by atoms with van der Waals surface area (Å²) < 4.78 is 0. The van der Waals surface area contributed by atoms with E-state index in [9.17, 15) is 14.4 Å². The van der Waals surface area contributed by atoms with Crippen molar-refractivity contribution in [3.63, 3.8) is 0 Å². The molecule has 0 aliphatic carbocycles. The maximum Gasteiger partial charge on any atom is 0.335 e. The van der Waals surface area contributed by atoms with E-state index in [4.69, 9.17) is 28.3 Å². The maximum absolute atomic E-state index is 12.7. The van der Waals surface area contributed by atoms with Crippen molar-refractivity contribution in [1.29, 1.82) is 0 Å². The molecule has 1 fully saturated rings. The first kappa shape index (κ1) is 22.1. The highest BCUT2D eigenvalue weighted by Gasteiger charge is 2.35. The summed E-state index contributed by atoms with van der Waals surface area (Å²) in [6, 6.07) is 10.7. The number of benzene rings is 2. The van der Waals surface area contributed by atoms with Gasteiger partial charge in [-0.15, -0.1) is 0 Å². The van der Waals surface area contributed by atoms with Crippen molar-refractivity contribution in [2.75, 3.05) is 11.9 Å².